The van der Waals surface area contributed by atoms with Gasteiger partial charge in [0.05, 0.1) is 0 Å². The van der Waals surface area contributed by atoms with E-state index in [1.165, 1.54) is 62.2 Å². The molecule has 4 rings (SSSR count). The number of fused-ring (bicyclic) bond motifs is 1. The van der Waals surface area contributed by atoms with E-state index in [1.54, 1.807) is 7.05 Å². The number of carboxylic acid groups (broad SMARTS) is 1. The van der Waals surface area contributed by atoms with Gasteiger partial charge >= 0.3 is 5.97 Å². The minimum atomic E-state index is -1.68. The number of anilines is 1. The summed E-state index contributed by atoms with van der Waals surface area (Å²) in [4.78, 5) is 40.1. The van der Waals surface area contributed by atoms with Gasteiger partial charge in [-0.2, -0.15) is 0 Å². The Morgan fingerprint density at radius 1 is 0.720 bits per heavy atom. The van der Waals surface area contributed by atoms with Crippen LogP contribution in [0, 0.1) is 13.8 Å². The van der Waals surface area contributed by atoms with Crippen molar-refractivity contribution >= 4 is 34.2 Å². The molecule has 4 aromatic rings. The smallest absolute Gasteiger partial charge is 0.336 e. The topological polar surface area (TPSA) is 125 Å². The maximum atomic E-state index is 13.7. The number of phenolic OH excluding ortho intramolecular Hbond substituents is 1. The molecule has 4 aromatic carbocycles. The molecule has 0 spiro atoms. The van der Waals surface area contributed by atoms with Gasteiger partial charge in [0.25, 0.3) is 5.91 Å². The molecular weight excluding hydrogens is 632 g/mol. The second kappa shape index (κ2) is 19.5. The van der Waals surface area contributed by atoms with Crippen LogP contribution in [0.5, 0.6) is 5.75 Å². The average Bonchev–Trinajstić information content (AvgIpc) is 3.10. The van der Waals surface area contributed by atoms with E-state index >= 15 is 0 Å². The second-order valence-electron chi connectivity index (χ2n) is 12.9. The third-order valence-corrected chi connectivity index (χ3v) is 8.93. The van der Waals surface area contributed by atoms with Crippen molar-refractivity contribution in [3.8, 4) is 5.75 Å². The number of nitrogens with zero attached hydrogens (tertiary/aromatic N) is 1. The van der Waals surface area contributed by atoms with Gasteiger partial charge in [-0.25, -0.2) is 4.79 Å². The van der Waals surface area contributed by atoms with Gasteiger partial charge in [0, 0.05) is 25.9 Å². The summed E-state index contributed by atoms with van der Waals surface area (Å²) in [5.41, 5.74) is 5.47. The van der Waals surface area contributed by atoms with Crippen LogP contribution >= 0.6 is 0 Å². The summed E-state index contributed by atoms with van der Waals surface area (Å²) in [5, 5.41) is 24.6. The number of carbonyl (C=O) groups excluding carboxylic acids is 2. The van der Waals surface area contributed by atoms with Crippen LogP contribution in [-0.4, -0.2) is 71.9 Å². The van der Waals surface area contributed by atoms with Crippen LogP contribution in [0.2, 0.25) is 0 Å². The number of aromatic hydroxyl groups is 1. The minimum Gasteiger partial charge on any atom is -0.508 e. The summed E-state index contributed by atoms with van der Waals surface area (Å²) in [6.07, 6.45) is 3.76. The quantitative estimate of drug-likeness (QED) is 0.0663. The molecule has 0 saturated heterocycles. The Hall–Kier alpha value is -4.73. The fourth-order valence-electron chi connectivity index (χ4n) is 5.84. The van der Waals surface area contributed by atoms with Gasteiger partial charge in [-0.3, -0.25) is 9.59 Å². The summed E-state index contributed by atoms with van der Waals surface area (Å²) in [5.74, 6) is -2.44. The Kier molecular flexibility index (Phi) is 14.8. The van der Waals surface area contributed by atoms with Crippen LogP contribution in [0.1, 0.15) is 60.8 Å². The number of rotatable bonds is 20. The lowest BCUT2D eigenvalue weighted by molar-refractivity contribution is -0.173. The molecule has 0 saturated carbocycles. The number of likely N-dealkylation sites (N-methyl/N-ethyl adjacent to an activating group) is 1. The van der Waals surface area contributed by atoms with E-state index in [0.717, 1.165) is 44.9 Å². The Balaban J connectivity index is 1.30. The molecule has 0 aliphatic carbocycles. The highest BCUT2D eigenvalue weighted by atomic mass is 16.6. The molecule has 9 nitrogen and oxygen atoms in total. The number of hydrogen-bond donors (Lipinski definition) is 3. The molecule has 2 unspecified atom stereocenters. The number of carbonyl (C=O) groups is 3. The van der Waals surface area contributed by atoms with Crippen molar-refractivity contribution < 1.29 is 34.1 Å². The summed E-state index contributed by atoms with van der Waals surface area (Å²) >= 11 is 0. The standard InChI is InChI=1S/C41H50N2O7/c1-29-16-17-31(26-30(29)2)12-7-5-11-25-49-38(39(41(47)48)50-28-37(45)42-35-20-22-36(44)23-21-35)40(46)43(3)24-10-4-6-13-32-18-19-33-14-8-9-15-34(33)27-32/h8-9,14-23,26-27,38-39,44H,4-7,10-13,24-25,28H2,1-3H3,(H,42,45)(H,47,48). The summed E-state index contributed by atoms with van der Waals surface area (Å²) in [7, 11) is 1.64. The van der Waals surface area contributed by atoms with Crippen LogP contribution in [0.4, 0.5) is 5.69 Å². The van der Waals surface area contributed by atoms with Gasteiger partial charge in [-0.1, -0.05) is 73.5 Å². The van der Waals surface area contributed by atoms with E-state index in [-0.39, 0.29) is 12.4 Å². The first-order chi connectivity index (χ1) is 24.1. The number of unbranched alkanes of at least 4 members (excludes halogenated alkanes) is 4. The number of benzene rings is 4. The van der Waals surface area contributed by atoms with Gasteiger partial charge in [-0.05, 0) is 110 Å². The number of aliphatic carboxylic acids is 1. The number of carboxylic acids is 1. The van der Waals surface area contributed by atoms with Crippen molar-refractivity contribution in [3.63, 3.8) is 0 Å². The normalized spacial score (nSPS) is 12.4. The zero-order chi connectivity index (χ0) is 35.9. The highest BCUT2D eigenvalue weighted by molar-refractivity contribution is 5.92. The molecule has 3 N–H and O–H groups in total. The van der Waals surface area contributed by atoms with Crippen LogP contribution in [-0.2, 0) is 36.7 Å². The second-order valence-corrected chi connectivity index (χ2v) is 12.9. The largest absolute Gasteiger partial charge is 0.508 e. The lowest BCUT2D eigenvalue weighted by atomic mass is 10.0. The molecule has 9 heteroatoms. The van der Waals surface area contributed by atoms with Crippen molar-refractivity contribution in [2.45, 2.75) is 77.4 Å². The Morgan fingerprint density at radius 3 is 2.08 bits per heavy atom. The molecule has 2 atom stereocenters. The molecule has 0 aliphatic heterocycles. The number of amides is 2. The van der Waals surface area contributed by atoms with Gasteiger partial charge < -0.3 is 29.9 Å². The van der Waals surface area contributed by atoms with E-state index in [0.29, 0.717) is 18.7 Å². The highest BCUT2D eigenvalue weighted by Crippen LogP contribution is 2.19. The highest BCUT2D eigenvalue weighted by Gasteiger charge is 2.38. The third kappa shape index (κ3) is 12.0. The van der Waals surface area contributed by atoms with Crippen LogP contribution in [0.3, 0.4) is 0 Å². The van der Waals surface area contributed by atoms with Gasteiger partial charge in [0.15, 0.2) is 12.2 Å². The van der Waals surface area contributed by atoms with Crippen LogP contribution in [0.25, 0.3) is 10.8 Å². The Bertz CT molecular complexity index is 1710. The summed E-state index contributed by atoms with van der Waals surface area (Å²) < 4.78 is 11.5. The van der Waals surface area contributed by atoms with E-state index in [9.17, 15) is 24.6 Å². The number of hydrogen-bond acceptors (Lipinski definition) is 6. The maximum Gasteiger partial charge on any atom is 0.336 e. The lowest BCUT2D eigenvalue weighted by Crippen LogP contribution is -2.50. The molecule has 2 amide bonds. The van der Waals surface area contributed by atoms with Crippen molar-refractivity contribution in [1.82, 2.24) is 4.90 Å². The van der Waals surface area contributed by atoms with Crippen LogP contribution in [0.15, 0.2) is 84.9 Å². The van der Waals surface area contributed by atoms with E-state index in [2.05, 4.69) is 67.7 Å². The first kappa shape index (κ1) is 38.1. The third-order valence-electron chi connectivity index (χ3n) is 8.93. The molecule has 0 radical (unpaired) electrons. The van der Waals surface area contributed by atoms with E-state index in [1.807, 2.05) is 12.1 Å². The van der Waals surface area contributed by atoms with Crippen molar-refractivity contribution in [3.05, 3.63) is 107 Å². The molecule has 0 aromatic heterocycles. The predicted molar refractivity (Wildman–Crippen MR) is 196 cm³/mol. The maximum absolute atomic E-state index is 13.7. The summed E-state index contributed by atoms with van der Waals surface area (Å²) in [6, 6.07) is 27.1. The van der Waals surface area contributed by atoms with Crippen LogP contribution < -0.4 is 5.32 Å². The predicted octanol–water partition coefficient (Wildman–Crippen LogP) is 7.24. The molecular formula is C41H50N2O7. The van der Waals surface area contributed by atoms with Gasteiger partial charge in [0.1, 0.15) is 12.4 Å². The fourth-order valence-corrected chi connectivity index (χ4v) is 5.84. The first-order valence-corrected chi connectivity index (χ1v) is 17.4. The zero-order valence-corrected chi connectivity index (χ0v) is 29.4. The van der Waals surface area contributed by atoms with Crippen molar-refractivity contribution in [2.24, 2.45) is 0 Å². The van der Waals surface area contributed by atoms with Crippen molar-refractivity contribution in [1.29, 1.82) is 0 Å². The Labute approximate surface area is 295 Å². The van der Waals surface area contributed by atoms with Crippen molar-refractivity contribution in [2.75, 3.05) is 32.1 Å². The average molecular weight is 683 g/mol. The SMILES string of the molecule is Cc1ccc(CCCCCOC(C(=O)N(C)CCCCCc2ccc3ccccc3c2)C(OCC(=O)Nc2ccc(O)cc2)C(=O)O)cc1C. The monoisotopic (exact) mass is 682 g/mol. The molecule has 50 heavy (non-hydrogen) atoms. The molecule has 0 aliphatic rings. The number of phenols is 1. The summed E-state index contributed by atoms with van der Waals surface area (Å²) in [6.45, 7) is 4.20. The van der Waals surface area contributed by atoms with E-state index < -0.39 is 36.6 Å². The molecule has 0 fully saturated rings. The molecule has 0 bridgehead atoms. The molecule has 266 valence electrons. The van der Waals surface area contributed by atoms with E-state index in [4.69, 9.17) is 9.47 Å². The lowest BCUT2D eigenvalue weighted by Gasteiger charge is -2.28. The fraction of sp³-hybridized carbons (Fsp3) is 0.390. The number of nitrogens with one attached hydrogen (secondary N) is 1. The molecule has 0 heterocycles. The Morgan fingerprint density at radius 2 is 1.38 bits per heavy atom. The minimum absolute atomic E-state index is 0.0444. The number of aryl methyl sites for hydroxylation is 4. The van der Waals surface area contributed by atoms with Gasteiger partial charge in [0.2, 0.25) is 5.91 Å². The first-order valence-electron chi connectivity index (χ1n) is 17.4. The van der Waals surface area contributed by atoms with Gasteiger partial charge in [-0.15, -0.1) is 0 Å². The number of ether oxygens (including phenoxy) is 2. The zero-order valence-electron chi connectivity index (χ0n) is 29.4.